The lowest BCUT2D eigenvalue weighted by molar-refractivity contribution is -0.144. The van der Waals surface area contributed by atoms with Gasteiger partial charge in [0.1, 0.15) is 12.0 Å². The van der Waals surface area contributed by atoms with Gasteiger partial charge in [-0.25, -0.2) is 0 Å². The molecule has 6 nitrogen and oxygen atoms in total. The Kier molecular flexibility index (Phi) is 3.02. The van der Waals surface area contributed by atoms with Crippen molar-refractivity contribution < 1.29 is 19.4 Å². The van der Waals surface area contributed by atoms with Crippen molar-refractivity contribution >= 4 is 5.97 Å². The monoisotopic (exact) mass is 330 g/mol. The number of aliphatic carboxylic acids is 1. The molecule has 0 radical (unpaired) electrons. The molecule has 1 aromatic rings. The Hall–Kier alpha value is -1.63. The largest absolute Gasteiger partial charge is 0.496 e. The fraction of sp³-hybridized carbons (Fsp3) is 0.611. The predicted molar refractivity (Wildman–Crippen MR) is 85.9 cm³/mol. The van der Waals surface area contributed by atoms with E-state index in [0.717, 1.165) is 12.2 Å². The third-order valence-electron chi connectivity index (χ3n) is 6.54. The van der Waals surface area contributed by atoms with E-state index in [-0.39, 0.29) is 36.3 Å². The van der Waals surface area contributed by atoms with Gasteiger partial charge in [-0.2, -0.15) is 0 Å². The molecule has 0 spiro atoms. The molecule has 0 unspecified atom stereocenters. The quantitative estimate of drug-likeness (QED) is 0.876. The van der Waals surface area contributed by atoms with Gasteiger partial charge < -0.3 is 14.6 Å². The van der Waals surface area contributed by atoms with Gasteiger partial charge >= 0.3 is 5.97 Å². The van der Waals surface area contributed by atoms with Crippen LogP contribution in [-0.4, -0.2) is 66.0 Å². The van der Waals surface area contributed by atoms with E-state index in [0.29, 0.717) is 13.0 Å². The van der Waals surface area contributed by atoms with E-state index in [4.69, 9.17) is 9.47 Å². The Morgan fingerprint density at radius 2 is 2.21 bits per heavy atom. The topological polar surface area (TPSA) is 62.2 Å². The SMILES string of the molecule is COc1cccc2c1[C@H]1CO[C@H]3[C@H]4C[C@@H](C(=O)O)[C@H]([C@@H](C2)N13)N4C. The zero-order valence-electron chi connectivity index (χ0n) is 13.9. The molecular formula is C18H22N2O4. The minimum Gasteiger partial charge on any atom is -0.496 e. The fourth-order valence-corrected chi connectivity index (χ4v) is 5.63. The highest BCUT2D eigenvalue weighted by Crippen LogP contribution is 2.52. The van der Waals surface area contributed by atoms with Crippen molar-refractivity contribution in [2.75, 3.05) is 20.8 Å². The molecule has 0 aliphatic carbocycles. The van der Waals surface area contributed by atoms with Crippen LogP contribution < -0.4 is 4.74 Å². The number of fused-ring (bicyclic) bond motifs is 6. The first-order valence-electron chi connectivity index (χ1n) is 8.61. The number of piperazine rings is 1. The van der Waals surface area contributed by atoms with Crippen molar-refractivity contribution in [3.8, 4) is 5.75 Å². The summed E-state index contributed by atoms with van der Waals surface area (Å²) in [7, 11) is 3.77. The van der Waals surface area contributed by atoms with Gasteiger partial charge in [0.2, 0.25) is 0 Å². The number of likely N-dealkylation sites (N-methyl/N-ethyl adjacent to an activating group) is 1. The third-order valence-corrected chi connectivity index (χ3v) is 6.54. The molecule has 3 saturated heterocycles. The minimum atomic E-state index is -0.677. The molecule has 24 heavy (non-hydrogen) atoms. The fourth-order valence-electron chi connectivity index (χ4n) is 5.63. The molecule has 4 aliphatic heterocycles. The third kappa shape index (κ3) is 1.68. The first-order chi connectivity index (χ1) is 11.6. The molecule has 4 aliphatic rings. The standard InChI is InChI=1S/C18H22N2O4/c1-19-12-7-10(18(21)22)16(19)11-6-9-4-3-5-14(23-2)15(9)13-8-24-17(12)20(11)13/h3-5,10-13,16-17H,6-8H2,1-2H3,(H,21,22)/t10-,11-,12-,13-,16-,17+/m1/s1. The van der Waals surface area contributed by atoms with Crippen LogP contribution in [-0.2, 0) is 16.0 Å². The molecule has 0 saturated carbocycles. The maximum atomic E-state index is 11.8. The summed E-state index contributed by atoms with van der Waals surface area (Å²) in [5.41, 5.74) is 2.50. The van der Waals surface area contributed by atoms with Gasteiger partial charge in [0, 0.05) is 17.6 Å². The number of carbonyl (C=O) groups is 1. The van der Waals surface area contributed by atoms with Gasteiger partial charge in [-0.15, -0.1) is 0 Å². The molecular weight excluding hydrogens is 308 g/mol. The lowest BCUT2D eigenvalue weighted by Gasteiger charge is -2.51. The molecule has 6 heteroatoms. The van der Waals surface area contributed by atoms with Gasteiger partial charge in [0.15, 0.2) is 0 Å². The molecule has 3 fully saturated rings. The van der Waals surface area contributed by atoms with Crippen LogP contribution in [0.4, 0.5) is 0 Å². The van der Waals surface area contributed by atoms with Crippen molar-refractivity contribution in [2.45, 2.75) is 43.2 Å². The van der Waals surface area contributed by atoms with Crippen molar-refractivity contribution in [2.24, 2.45) is 5.92 Å². The zero-order chi connectivity index (χ0) is 16.6. The number of nitrogens with zero attached hydrogens (tertiary/aromatic N) is 2. The van der Waals surface area contributed by atoms with Gasteiger partial charge in [-0.3, -0.25) is 14.6 Å². The maximum absolute atomic E-state index is 11.8. The lowest BCUT2D eigenvalue weighted by atomic mass is 9.82. The molecule has 5 rings (SSSR count). The molecule has 1 aromatic carbocycles. The number of rotatable bonds is 2. The molecule has 6 atom stereocenters. The summed E-state index contributed by atoms with van der Waals surface area (Å²) in [4.78, 5) is 16.5. The number of hydrogen-bond donors (Lipinski definition) is 1. The summed E-state index contributed by atoms with van der Waals surface area (Å²) in [6.45, 7) is 0.656. The first kappa shape index (κ1) is 14.7. The second-order valence-corrected chi connectivity index (χ2v) is 7.40. The minimum absolute atomic E-state index is 0.0105. The Morgan fingerprint density at radius 3 is 2.96 bits per heavy atom. The Labute approximate surface area is 140 Å². The number of methoxy groups -OCH3 is 1. The van der Waals surface area contributed by atoms with Crippen molar-refractivity contribution in [3.63, 3.8) is 0 Å². The summed E-state index contributed by atoms with van der Waals surface area (Å²) >= 11 is 0. The zero-order valence-corrected chi connectivity index (χ0v) is 13.9. The van der Waals surface area contributed by atoms with E-state index < -0.39 is 5.97 Å². The molecule has 2 bridgehead atoms. The normalized spacial score (nSPS) is 40.2. The number of carboxylic acids is 1. The second-order valence-electron chi connectivity index (χ2n) is 7.40. The Morgan fingerprint density at radius 1 is 1.38 bits per heavy atom. The van der Waals surface area contributed by atoms with Crippen molar-refractivity contribution in [1.82, 2.24) is 9.80 Å². The molecule has 128 valence electrons. The van der Waals surface area contributed by atoms with E-state index in [1.54, 1.807) is 7.11 Å². The van der Waals surface area contributed by atoms with E-state index in [1.807, 2.05) is 12.1 Å². The summed E-state index contributed by atoms with van der Waals surface area (Å²) in [5, 5.41) is 9.71. The van der Waals surface area contributed by atoms with Crippen LogP contribution in [0, 0.1) is 5.92 Å². The molecule has 1 N–H and O–H groups in total. The van der Waals surface area contributed by atoms with Crippen LogP contribution in [0.5, 0.6) is 5.75 Å². The first-order valence-corrected chi connectivity index (χ1v) is 8.61. The number of benzene rings is 1. The van der Waals surface area contributed by atoms with E-state index in [9.17, 15) is 9.90 Å². The lowest BCUT2D eigenvalue weighted by Crippen LogP contribution is -2.64. The van der Waals surface area contributed by atoms with E-state index >= 15 is 0 Å². The van der Waals surface area contributed by atoms with Crippen LogP contribution in [0.25, 0.3) is 0 Å². The predicted octanol–water partition coefficient (Wildman–Crippen LogP) is 1.11. The highest BCUT2D eigenvalue weighted by molar-refractivity contribution is 5.72. The summed E-state index contributed by atoms with van der Waals surface area (Å²) in [5.74, 6) is -0.0724. The van der Waals surface area contributed by atoms with Crippen molar-refractivity contribution in [1.29, 1.82) is 0 Å². The summed E-state index contributed by atoms with van der Waals surface area (Å²) < 4.78 is 11.8. The van der Waals surface area contributed by atoms with E-state index in [1.165, 1.54) is 11.1 Å². The van der Waals surface area contributed by atoms with Gasteiger partial charge in [-0.05, 0) is 31.5 Å². The second kappa shape index (κ2) is 4.94. The average Bonchev–Trinajstić information content (AvgIpc) is 3.10. The molecule has 0 aromatic heterocycles. The number of carboxylic acid groups (broad SMARTS) is 1. The highest BCUT2D eigenvalue weighted by atomic mass is 16.5. The maximum Gasteiger partial charge on any atom is 0.308 e. The average molecular weight is 330 g/mol. The van der Waals surface area contributed by atoms with Crippen LogP contribution in [0.3, 0.4) is 0 Å². The van der Waals surface area contributed by atoms with E-state index in [2.05, 4.69) is 22.9 Å². The smallest absolute Gasteiger partial charge is 0.308 e. The Bertz CT molecular complexity index is 708. The van der Waals surface area contributed by atoms with Gasteiger partial charge in [0.05, 0.1) is 31.7 Å². The highest BCUT2D eigenvalue weighted by Gasteiger charge is 2.62. The van der Waals surface area contributed by atoms with Gasteiger partial charge in [-0.1, -0.05) is 12.1 Å². The van der Waals surface area contributed by atoms with Gasteiger partial charge in [0.25, 0.3) is 0 Å². The molecule has 4 heterocycles. The van der Waals surface area contributed by atoms with Crippen LogP contribution >= 0.6 is 0 Å². The van der Waals surface area contributed by atoms with Crippen LogP contribution in [0.1, 0.15) is 23.6 Å². The molecule has 0 amide bonds. The summed E-state index contributed by atoms with van der Waals surface area (Å²) in [6, 6.07) is 6.76. The van der Waals surface area contributed by atoms with Crippen molar-refractivity contribution in [3.05, 3.63) is 29.3 Å². The van der Waals surface area contributed by atoms with Crippen LogP contribution in [0.2, 0.25) is 0 Å². The van der Waals surface area contributed by atoms with Crippen LogP contribution in [0.15, 0.2) is 18.2 Å². The summed E-state index contributed by atoms with van der Waals surface area (Å²) in [6.07, 6.45) is 1.52. The Balaban J connectivity index is 1.64. The number of ether oxygens (including phenoxy) is 2. The number of hydrogen-bond acceptors (Lipinski definition) is 5.